The quantitative estimate of drug-likeness (QED) is 0.649. The van der Waals surface area contributed by atoms with Crippen molar-refractivity contribution >= 4 is 5.69 Å². The van der Waals surface area contributed by atoms with Crippen molar-refractivity contribution in [3.8, 4) is 0 Å². The number of para-hydroxylation sites is 1. The van der Waals surface area contributed by atoms with Gasteiger partial charge in [-0.25, -0.2) is 0 Å². The molecule has 1 heterocycles. The molecule has 0 N–H and O–H groups in total. The van der Waals surface area contributed by atoms with E-state index in [1.165, 1.54) is 5.69 Å². The maximum absolute atomic E-state index is 5.49. The fraction of sp³-hybridized carbons (Fsp3) is 0.455. The second-order valence-corrected chi connectivity index (χ2v) is 3.46. The molecule has 2 nitrogen and oxygen atoms in total. The summed E-state index contributed by atoms with van der Waals surface area (Å²) in [6.07, 6.45) is 0.356. The second-order valence-electron chi connectivity index (χ2n) is 3.46. The van der Waals surface area contributed by atoms with E-state index < -0.39 is 0 Å². The number of hydrogen-bond acceptors (Lipinski definition) is 2. The average Bonchev–Trinajstić information content (AvgIpc) is 2.19. The van der Waals surface area contributed by atoms with E-state index in [1.54, 1.807) is 0 Å². The van der Waals surface area contributed by atoms with Gasteiger partial charge in [0.15, 0.2) is 0 Å². The van der Waals surface area contributed by atoms with Crippen LogP contribution in [0, 0.1) is 0 Å². The molecule has 0 aliphatic carbocycles. The van der Waals surface area contributed by atoms with Crippen LogP contribution in [0.2, 0.25) is 0 Å². The summed E-state index contributed by atoms with van der Waals surface area (Å²) in [7, 11) is 0. The first-order valence-electron chi connectivity index (χ1n) is 4.78. The fourth-order valence-electron chi connectivity index (χ4n) is 1.69. The van der Waals surface area contributed by atoms with Crippen LogP contribution in [0.1, 0.15) is 6.92 Å². The summed E-state index contributed by atoms with van der Waals surface area (Å²) in [5.41, 5.74) is 1.30. The first-order chi connectivity index (χ1) is 6.36. The zero-order chi connectivity index (χ0) is 9.10. The Balaban J connectivity index is 2.08. The number of anilines is 1. The van der Waals surface area contributed by atoms with Crippen LogP contribution in [-0.4, -0.2) is 25.8 Å². The average molecular weight is 177 g/mol. The maximum atomic E-state index is 5.49. The van der Waals surface area contributed by atoms with Crippen molar-refractivity contribution in [3.05, 3.63) is 30.3 Å². The molecule has 0 aromatic heterocycles. The van der Waals surface area contributed by atoms with Crippen LogP contribution in [-0.2, 0) is 4.74 Å². The highest BCUT2D eigenvalue weighted by Gasteiger charge is 2.16. The summed E-state index contributed by atoms with van der Waals surface area (Å²) < 4.78 is 5.49. The number of hydrogen-bond donors (Lipinski definition) is 0. The number of nitrogens with zero attached hydrogens (tertiary/aromatic N) is 1. The minimum absolute atomic E-state index is 0.356. The molecule has 1 fully saturated rings. The highest BCUT2D eigenvalue weighted by molar-refractivity contribution is 5.46. The van der Waals surface area contributed by atoms with E-state index in [2.05, 4.69) is 36.1 Å². The predicted molar refractivity (Wildman–Crippen MR) is 54.1 cm³/mol. The van der Waals surface area contributed by atoms with Crippen molar-refractivity contribution in [2.45, 2.75) is 13.0 Å². The van der Waals surface area contributed by atoms with Crippen molar-refractivity contribution in [1.29, 1.82) is 0 Å². The standard InChI is InChI=1S/C11H15NO/c1-10-9-12(7-8-13-10)11-5-3-2-4-6-11/h2-6,10H,7-9H2,1H3/t10-/m0/s1. The Morgan fingerprint density at radius 1 is 1.31 bits per heavy atom. The van der Waals surface area contributed by atoms with Crippen LogP contribution in [0.3, 0.4) is 0 Å². The van der Waals surface area contributed by atoms with Gasteiger partial charge in [0.1, 0.15) is 0 Å². The van der Waals surface area contributed by atoms with E-state index in [0.717, 1.165) is 19.7 Å². The summed E-state index contributed by atoms with van der Waals surface area (Å²) in [4.78, 5) is 2.37. The molecule has 70 valence electrons. The van der Waals surface area contributed by atoms with Gasteiger partial charge in [-0.15, -0.1) is 0 Å². The van der Waals surface area contributed by atoms with Gasteiger partial charge in [-0.3, -0.25) is 0 Å². The molecule has 1 aromatic carbocycles. The second kappa shape index (κ2) is 3.79. The Hall–Kier alpha value is -1.02. The summed E-state index contributed by atoms with van der Waals surface area (Å²) in [6.45, 7) is 4.98. The first kappa shape index (κ1) is 8.57. The van der Waals surface area contributed by atoms with E-state index in [-0.39, 0.29) is 0 Å². The summed E-state index contributed by atoms with van der Waals surface area (Å²) in [5, 5.41) is 0. The molecule has 0 bridgehead atoms. The monoisotopic (exact) mass is 177 g/mol. The van der Waals surface area contributed by atoms with E-state index in [0.29, 0.717) is 6.10 Å². The molecule has 1 aromatic rings. The van der Waals surface area contributed by atoms with Crippen molar-refractivity contribution in [3.63, 3.8) is 0 Å². The van der Waals surface area contributed by atoms with Crippen LogP contribution in [0.4, 0.5) is 5.69 Å². The Morgan fingerprint density at radius 2 is 2.08 bits per heavy atom. The lowest BCUT2D eigenvalue weighted by Gasteiger charge is -2.32. The Kier molecular flexibility index (Phi) is 2.50. The van der Waals surface area contributed by atoms with Crippen molar-refractivity contribution in [2.24, 2.45) is 0 Å². The molecule has 1 atom stereocenters. The van der Waals surface area contributed by atoms with Crippen LogP contribution in [0.25, 0.3) is 0 Å². The van der Waals surface area contributed by atoms with E-state index in [4.69, 9.17) is 4.74 Å². The van der Waals surface area contributed by atoms with Gasteiger partial charge in [0.2, 0.25) is 0 Å². The topological polar surface area (TPSA) is 12.5 Å². The molecule has 1 aliphatic heterocycles. The lowest BCUT2D eigenvalue weighted by molar-refractivity contribution is 0.0532. The first-order valence-corrected chi connectivity index (χ1v) is 4.78. The minimum atomic E-state index is 0.356. The number of benzene rings is 1. The van der Waals surface area contributed by atoms with E-state index in [1.807, 2.05) is 6.07 Å². The third-order valence-electron chi connectivity index (χ3n) is 2.36. The van der Waals surface area contributed by atoms with Crippen LogP contribution >= 0.6 is 0 Å². The van der Waals surface area contributed by atoms with Crippen LogP contribution in [0.5, 0.6) is 0 Å². The highest BCUT2D eigenvalue weighted by atomic mass is 16.5. The van der Waals surface area contributed by atoms with E-state index in [9.17, 15) is 0 Å². The van der Waals surface area contributed by atoms with Gasteiger partial charge in [0.05, 0.1) is 12.7 Å². The van der Waals surface area contributed by atoms with Crippen molar-refractivity contribution in [2.75, 3.05) is 24.6 Å². The molecule has 2 rings (SSSR count). The molecule has 0 unspecified atom stereocenters. The van der Waals surface area contributed by atoms with Crippen LogP contribution < -0.4 is 4.90 Å². The van der Waals surface area contributed by atoms with E-state index >= 15 is 0 Å². The van der Waals surface area contributed by atoms with Crippen molar-refractivity contribution in [1.82, 2.24) is 0 Å². The Morgan fingerprint density at radius 3 is 2.77 bits per heavy atom. The normalized spacial score (nSPS) is 23.2. The number of morpholine rings is 1. The Bertz CT molecular complexity index is 260. The van der Waals surface area contributed by atoms with Gasteiger partial charge in [-0.2, -0.15) is 0 Å². The minimum Gasteiger partial charge on any atom is -0.375 e. The van der Waals surface area contributed by atoms with Gasteiger partial charge < -0.3 is 9.64 Å². The molecule has 0 radical (unpaired) electrons. The smallest absolute Gasteiger partial charge is 0.0722 e. The summed E-state index contributed by atoms with van der Waals surface area (Å²) in [6, 6.07) is 10.5. The van der Waals surface area contributed by atoms with Gasteiger partial charge >= 0.3 is 0 Å². The zero-order valence-electron chi connectivity index (χ0n) is 7.94. The molecule has 0 amide bonds. The predicted octanol–water partition coefficient (Wildman–Crippen LogP) is 1.91. The van der Waals surface area contributed by atoms with Gasteiger partial charge in [0.25, 0.3) is 0 Å². The Labute approximate surface area is 79.1 Å². The van der Waals surface area contributed by atoms with Gasteiger partial charge in [0, 0.05) is 18.8 Å². The molecule has 1 saturated heterocycles. The molecular formula is C11H15NO. The van der Waals surface area contributed by atoms with Crippen LogP contribution in [0.15, 0.2) is 30.3 Å². The van der Waals surface area contributed by atoms with Crippen molar-refractivity contribution < 1.29 is 4.74 Å². The lowest BCUT2D eigenvalue weighted by Crippen LogP contribution is -2.41. The third-order valence-corrected chi connectivity index (χ3v) is 2.36. The molecule has 13 heavy (non-hydrogen) atoms. The number of ether oxygens (including phenoxy) is 1. The lowest BCUT2D eigenvalue weighted by atomic mass is 10.2. The highest BCUT2D eigenvalue weighted by Crippen LogP contribution is 2.16. The molecule has 0 saturated carbocycles. The van der Waals surface area contributed by atoms with Gasteiger partial charge in [-0.05, 0) is 19.1 Å². The summed E-state index contributed by atoms with van der Waals surface area (Å²) >= 11 is 0. The fourth-order valence-corrected chi connectivity index (χ4v) is 1.69. The molecule has 2 heteroatoms. The third kappa shape index (κ3) is 2.01. The molecular weight excluding hydrogens is 162 g/mol. The largest absolute Gasteiger partial charge is 0.375 e. The van der Waals surface area contributed by atoms with Gasteiger partial charge in [-0.1, -0.05) is 18.2 Å². The summed E-state index contributed by atoms with van der Waals surface area (Å²) in [5.74, 6) is 0. The maximum Gasteiger partial charge on any atom is 0.0722 e. The molecule has 1 aliphatic rings. The zero-order valence-corrected chi connectivity index (χ0v) is 7.94. The SMILES string of the molecule is C[C@H]1CN(c2ccccc2)CCO1. The number of rotatable bonds is 1. The molecule has 0 spiro atoms.